The fourth-order valence-electron chi connectivity index (χ4n) is 4.22. The van der Waals surface area contributed by atoms with Gasteiger partial charge in [0.05, 0.1) is 5.92 Å². The molecule has 2 atom stereocenters. The number of nitrogens with zero attached hydrogens (tertiary/aromatic N) is 1. The summed E-state index contributed by atoms with van der Waals surface area (Å²) in [6, 6.07) is 11.5. The van der Waals surface area contributed by atoms with E-state index in [1.54, 1.807) is 0 Å². The van der Waals surface area contributed by atoms with Crippen LogP contribution in [0.4, 0.5) is 0 Å². The van der Waals surface area contributed by atoms with Crippen LogP contribution in [0, 0.1) is 11.3 Å². The molecule has 4 rings (SSSR count). The van der Waals surface area contributed by atoms with Crippen molar-refractivity contribution in [3.63, 3.8) is 0 Å². The van der Waals surface area contributed by atoms with E-state index in [-0.39, 0.29) is 5.92 Å². The molecule has 4 heteroatoms. The first-order chi connectivity index (χ1) is 11.7. The van der Waals surface area contributed by atoms with Crippen molar-refractivity contribution in [1.29, 1.82) is 0 Å². The van der Waals surface area contributed by atoms with Gasteiger partial charge in [-0.15, -0.1) is 0 Å². The number of hydrogen-bond donors (Lipinski definition) is 2. The molecule has 1 aliphatic heterocycles. The number of likely N-dealkylation sites (tertiary alicyclic amines) is 1. The molecule has 1 saturated heterocycles. The van der Waals surface area contributed by atoms with E-state index in [4.69, 9.17) is 5.11 Å². The fraction of sp³-hybridized carbons (Fsp3) is 0.650. The molecule has 24 heavy (non-hydrogen) atoms. The Bertz CT molecular complexity index is 577. The van der Waals surface area contributed by atoms with Gasteiger partial charge in [0.2, 0.25) is 0 Å². The number of aliphatic carboxylic acids is 1. The van der Waals surface area contributed by atoms with E-state index >= 15 is 0 Å². The maximum atomic E-state index is 11.1. The SMILES string of the molecule is O=C(O)C1CCN(CC2(CN[C@H]3C[C@@H]3c3ccccc3)CC2)CC1. The molecule has 1 aromatic rings. The van der Waals surface area contributed by atoms with Crippen LogP contribution in [0.2, 0.25) is 0 Å². The molecule has 4 nitrogen and oxygen atoms in total. The van der Waals surface area contributed by atoms with Gasteiger partial charge < -0.3 is 15.3 Å². The van der Waals surface area contributed by atoms with E-state index in [0.717, 1.165) is 39.0 Å². The molecule has 0 amide bonds. The summed E-state index contributed by atoms with van der Waals surface area (Å²) in [5, 5.41) is 12.9. The van der Waals surface area contributed by atoms with Crippen LogP contribution in [0.3, 0.4) is 0 Å². The van der Waals surface area contributed by atoms with E-state index in [0.29, 0.717) is 17.4 Å². The molecule has 2 N–H and O–H groups in total. The van der Waals surface area contributed by atoms with E-state index in [1.807, 2.05) is 0 Å². The smallest absolute Gasteiger partial charge is 0.306 e. The topological polar surface area (TPSA) is 52.6 Å². The summed E-state index contributed by atoms with van der Waals surface area (Å²) in [5.74, 6) is -0.0286. The molecule has 2 saturated carbocycles. The third-order valence-corrected chi connectivity index (χ3v) is 6.21. The molecule has 0 aromatic heterocycles. The first-order valence-electron chi connectivity index (χ1n) is 9.39. The molecule has 0 radical (unpaired) electrons. The molecule has 0 bridgehead atoms. The lowest BCUT2D eigenvalue weighted by Gasteiger charge is -2.33. The quantitative estimate of drug-likeness (QED) is 0.808. The minimum Gasteiger partial charge on any atom is -0.481 e. The summed E-state index contributed by atoms with van der Waals surface area (Å²) in [7, 11) is 0. The number of carbonyl (C=O) groups is 1. The summed E-state index contributed by atoms with van der Waals surface area (Å²) < 4.78 is 0. The summed E-state index contributed by atoms with van der Waals surface area (Å²) in [6.07, 6.45) is 5.54. The van der Waals surface area contributed by atoms with Crippen LogP contribution >= 0.6 is 0 Å². The Labute approximate surface area is 144 Å². The van der Waals surface area contributed by atoms with E-state index in [2.05, 4.69) is 40.5 Å². The van der Waals surface area contributed by atoms with Gasteiger partial charge in [0.25, 0.3) is 0 Å². The van der Waals surface area contributed by atoms with E-state index in [1.165, 1.54) is 24.8 Å². The number of piperidine rings is 1. The Morgan fingerprint density at radius 3 is 2.54 bits per heavy atom. The van der Waals surface area contributed by atoms with Crippen LogP contribution in [0.25, 0.3) is 0 Å². The zero-order chi connectivity index (χ0) is 16.6. The second-order valence-electron chi connectivity index (χ2n) is 8.13. The average molecular weight is 328 g/mol. The lowest BCUT2D eigenvalue weighted by molar-refractivity contribution is -0.143. The van der Waals surface area contributed by atoms with Crippen LogP contribution < -0.4 is 5.32 Å². The highest BCUT2D eigenvalue weighted by Crippen LogP contribution is 2.48. The zero-order valence-corrected chi connectivity index (χ0v) is 14.3. The van der Waals surface area contributed by atoms with Gasteiger partial charge in [0.15, 0.2) is 0 Å². The highest BCUT2D eigenvalue weighted by atomic mass is 16.4. The molecule has 0 spiro atoms. The van der Waals surface area contributed by atoms with Crippen LogP contribution in [-0.2, 0) is 4.79 Å². The summed E-state index contributed by atoms with van der Waals surface area (Å²) in [5.41, 5.74) is 1.93. The number of carboxylic acids is 1. The molecule has 2 aliphatic carbocycles. The summed E-state index contributed by atoms with van der Waals surface area (Å²) in [6.45, 7) is 4.18. The third-order valence-electron chi connectivity index (χ3n) is 6.21. The average Bonchev–Trinajstić information content (AvgIpc) is 3.51. The Balaban J connectivity index is 1.21. The molecular formula is C20H28N2O2. The van der Waals surface area contributed by atoms with Gasteiger partial charge in [-0.25, -0.2) is 0 Å². The van der Waals surface area contributed by atoms with Gasteiger partial charge in [-0.3, -0.25) is 4.79 Å². The minimum absolute atomic E-state index is 0.118. The van der Waals surface area contributed by atoms with Crippen molar-refractivity contribution in [2.45, 2.75) is 44.1 Å². The van der Waals surface area contributed by atoms with E-state index in [9.17, 15) is 4.79 Å². The maximum absolute atomic E-state index is 11.1. The van der Waals surface area contributed by atoms with Crippen molar-refractivity contribution in [2.24, 2.45) is 11.3 Å². The largest absolute Gasteiger partial charge is 0.481 e. The summed E-state index contributed by atoms with van der Waals surface area (Å²) in [4.78, 5) is 13.6. The molecule has 1 heterocycles. The predicted octanol–water partition coefficient (Wildman–Crippen LogP) is 2.71. The monoisotopic (exact) mass is 328 g/mol. The molecule has 130 valence electrons. The predicted molar refractivity (Wildman–Crippen MR) is 94.1 cm³/mol. The molecule has 3 aliphatic rings. The highest BCUT2D eigenvalue weighted by molar-refractivity contribution is 5.70. The Kier molecular flexibility index (Phi) is 4.35. The Morgan fingerprint density at radius 1 is 1.21 bits per heavy atom. The zero-order valence-electron chi connectivity index (χ0n) is 14.3. The molecule has 3 fully saturated rings. The van der Waals surface area contributed by atoms with Gasteiger partial charge in [-0.05, 0) is 56.2 Å². The van der Waals surface area contributed by atoms with Crippen LogP contribution in [0.1, 0.15) is 43.6 Å². The van der Waals surface area contributed by atoms with Crippen LogP contribution in [0.15, 0.2) is 30.3 Å². The van der Waals surface area contributed by atoms with Crippen molar-refractivity contribution in [2.75, 3.05) is 26.2 Å². The van der Waals surface area contributed by atoms with Crippen molar-refractivity contribution < 1.29 is 9.90 Å². The first kappa shape index (κ1) is 16.1. The van der Waals surface area contributed by atoms with Crippen molar-refractivity contribution in [3.05, 3.63) is 35.9 Å². The normalized spacial score (nSPS) is 29.3. The highest BCUT2D eigenvalue weighted by Gasteiger charge is 2.46. The molecule has 1 aromatic carbocycles. The van der Waals surface area contributed by atoms with Gasteiger partial charge in [-0.1, -0.05) is 30.3 Å². The third kappa shape index (κ3) is 3.65. The number of hydrogen-bond acceptors (Lipinski definition) is 3. The first-order valence-corrected chi connectivity index (χ1v) is 9.39. The number of nitrogens with one attached hydrogen (secondary N) is 1. The standard InChI is InChI=1S/C20H28N2O2/c23-19(24)16-6-10-22(11-7-16)14-20(8-9-20)13-21-18-12-17(18)15-4-2-1-3-5-15/h1-5,16-18,21H,6-14H2,(H,23,24)/t17-,18+/m1/s1. The van der Waals surface area contributed by atoms with Gasteiger partial charge in [-0.2, -0.15) is 0 Å². The number of carboxylic acid groups (broad SMARTS) is 1. The number of benzene rings is 1. The Hall–Kier alpha value is -1.39. The van der Waals surface area contributed by atoms with Crippen molar-refractivity contribution in [3.8, 4) is 0 Å². The second kappa shape index (κ2) is 6.49. The fourth-order valence-corrected chi connectivity index (χ4v) is 4.22. The second-order valence-corrected chi connectivity index (χ2v) is 8.13. The lowest BCUT2D eigenvalue weighted by Crippen LogP contribution is -2.42. The summed E-state index contributed by atoms with van der Waals surface area (Å²) >= 11 is 0. The minimum atomic E-state index is -0.613. The molecule has 0 unspecified atom stereocenters. The van der Waals surface area contributed by atoms with Gasteiger partial charge >= 0.3 is 5.97 Å². The Morgan fingerprint density at radius 2 is 1.92 bits per heavy atom. The van der Waals surface area contributed by atoms with Crippen LogP contribution in [0.5, 0.6) is 0 Å². The van der Waals surface area contributed by atoms with Crippen molar-refractivity contribution in [1.82, 2.24) is 10.2 Å². The van der Waals surface area contributed by atoms with Crippen LogP contribution in [-0.4, -0.2) is 48.2 Å². The van der Waals surface area contributed by atoms with Crippen molar-refractivity contribution >= 4 is 5.97 Å². The molecular weight excluding hydrogens is 300 g/mol. The number of rotatable bonds is 7. The van der Waals surface area contributed by atoms with Gasteiger partial charge in [0, 0.05) is 25.0 Å². The maximum Gasteiger partial charge on any atom is 0.306 e. The lowest BCUT2D eigenvalue weighted by atomic mass is 9.95. The van der Waals surface area contributed by atoms with E-state index < -0.39 is 5.97 Å². The van der Waals surface area contributed by atoms with Gasteiger partial charge in [0.1, 0.15) is 0 Å².